The van der Waals surface area contributed by atoms with E-state index in [1.165, 1.54) is 12.1 Å². The Morgan fingerprint density at radius 3 is 2.12 bits per heavy atom. The molecule has 3 nitrogen and oxygen atoms in total. The molecular weight excluding hydrogens is 216 g/mol. The lowest BCUT2D eigenvalue weighted by molar-refractivity contribution is 0.450. The summed E-state index contributed by atoms with van der Waals surface area (Å²) in [6.07, 6.45) is 0. The summed E-state index contributed by atoms with van der Waals surface area (Å²) in [5.41, 5.74) is 2.84. The van der Waals surface area contributed by atoms with Crippen LogP contribution in [0.5, 0.6) is 17.2 Å². The fraction of sp³-hybridized carbons (Fsp3) is 0.143. The van der Waals surface area contributed by atoms with E-state index in [1.54, 1.807) is 12.1 Å². The first kappa shape index (κ1) is 11.3. The van der Waals surface area contributed by atoms with Crippen molar-refractivity contribution in [1.82, 2.24) is 0 Å². The van der Waals surface area contributed by atoms with Crippen LogP contribution in [0.2, 0.25) is 0 Å². The van der Waals surface area contributed by atoms with Gasteiger partial charge in [-0.15, -0.1) is 0 Å². The van der Waals surface area contributed by atoms with Crippen LogP contribution in [0.25, 0.3) is 11.1 Å². The molecule has 0 radical (unpaired) electrons. The molecule has 3 N–H and O–H groups in total. The summed E-state index contributed by atoms with van der Waals surface area (Å²) in [6.45, 7) is 3.74. The highest BCUT2D eigenvalue weighted by atomic mass is 16.3. The van der Waals surface area contributed by atoms with Crippen LogP contribution in [-0.4, -0.2) is 15.3 Å². The van der Waals surface area contributed by atoms with E-state index in [9.17, 15) is 15.3 Å². The summed E-state index contributed by atoms with van der Waals surface area (Å²) in [5.74, 6) is 0.101. The van der Waals surface area contributed by atoms with Gasteiger partial charge in [-0.25, -0.2) is 0 Å². The molecule has 0 heterocycles. The molecule has 0 fully saturated rings. The second kappa shape index (κ2) is 4.01. The zero-order valence-corrected chi connectivity index (χ0v) is 9.73. The van der Waals surface area contributed by atoms with Crippen LogP contribution >= 0.6 is 0 Å². The predicted molar refractivity (Wildman–Crippen MR) is 66.3 cm³/mol. The molecule has 2 aromatic carbocycles. The van der Waals surface area contributed by atoms with Crippen LogP contribution in [0.15, 0.2) is 30.3 Å². The maximum Gasteiger partial charge on any atom is 0.127 e. The van der Waals surface area contributed by atoms with Crippen molar-refractivity contribution in [3.63, 3.8) is 0 Å². The number of aromatic hydroxyl groups is 3. The van der Waals surface area contributed by atoms with E-state index in [1.807, 2.05) is 19.9 Å². The Kier molecular flexibility index (Phi) is 2.68. The number of phenolic OH excluding ortho intramolecular Hbond substituents is 3. The van der Waals surface area contributed by atoms with Gasteiger partial charge in [-0.2, -0.15) is 0 Å². The Hall–Kier alpha value is -2.16. The highest BCUT2D eigenvalue weighted by molar-refractivity contribution is 5.77. The van der Waals surface area contributed by atoms with E-state index in [4.69, 9.17) is 0 Å². The van der Waals surface area contributed by atoms with Gasteiger partial charge >= 0.3 is 0 Å². The van der Waals surface area contributed by atoms with Gasteiger partial charge in [0.25, 0.3) is 0 Å². The quantitative estimate of drug-likeness (QED) is 0.705. The fourth-order valence-corrected chi connectivity index (χ4v) is 1.77. The second-order valence-corrected chi connectivity index (χ2v) is 4.11. The van der Waals surface area contributed by atoms with Gasteiger partial charge in [0.2, 0.25) is 0 Å². The Bertz CT molecular complexity index is 574. The number of hydrogen-bond acceptors (Lipinski definition) is 3. The van der Waals surface area contributed by atoms with Gasteiger partial charge in [0, 0.05) is 17.2 Å². The monoisotopic (exact) mass is 230 g/mol. The molecule has 0 atom stereocenters. The van der Waals surface area contributed by atoms with E-state index in [0.29, 0.717) is 11.1 Å². The SMILES string of the molecule is Cc1ccc(-c2ccc(O)cc2O)c(O)c1C. The van der Waals surface area contributed by atoms with Gasteiger partial charge in [-0.3, -0.25) is 0 Å². The fourth-order valence-electron chi connectivity index (χ4n) is 1.77. The first-order valence-corrected chi connectivity index (χ1v) is 5.32. The zero-order valence-electron chi connectivity index (χ0n) is 9.73. The summed E-state index contributed by atoms with van der Waals surface area (Å²) in [4.78, 5) is 0. The van der Waals surface area contributed by atoms with Crippen molar-refractivity contribution < 1.29 is 15.3 Å². The molecule has 2 rings (SSSR count). The minimum absolute atomic E-state index is 0.00502. The second-order valence-electron chi connectivity index (χ2n) is 4.11. The Balaban J connectivity index is 2.65. The summed E-state index contributed by atoms with van der Waals surface area (Å²) < 4.78 is 0. The molecule has 0 spiro atoms. The standard InChI is InChI=1S/C14H14O3/c1-8-3-5-12(14(17)9(8)2)11-6-4-10(15)7-13(11)16/h3-7,15-17H,1-2H3. The summed E-state index contributed by atoms with van der Waals surface area (Å²) in [5, 5.41) is 29.0. The van der Waals surface area contributed by atoms with Gasteiger partial charge in [-0.1, -0.05) is 12.1 Å². The number of hydrogen-bond donors (Lipinski definition) is 3. The van der Waals surface area contributed by atoms with Crippen LogP contribution in [0.1, 0.15) is 11.1 Å². The predicted octanol–water partition coefficient (Wildman–Crippen LogP) is 3.09. The van der Waals surface area contributed by atoms with Crippen LogP contribution in [-0.2, 0) is 0 Å². The van der Waals surface area contributed by atoms with Gasteiger partial charge in [-0.05, 0) is 37.1 Å². The highest BCUT2D eigenvalue weighted by Gasteiger charge is 2.12. The summed E-state index contributed by atoms with van der Waals surface area (Å²) in [6, 6.07) is 7.95. The van der Waals surface area contributed by atoms with Crippen molar-refractivity contribution in [2.24, 2.45) is 0 Å². The molecule has 0 aliphatic carbocycles. The van der Waals surface area contributed by atoms with Crippen molar-refractivity contribution in [3.8, 4) is 28.4 Å². The van der Waals surface area contributed by atoms with Crippen LogP contribution in [0.3, 0.4) is 0 Å². The zero-order chi connectivity index (χ0) is 12.6. The molecule has 0 aliphatic heterocycles. The first-order chi connectivity index (χ1) is 8.00. The molecule has 88 valence electrons. The number of phenols is 3. The topological polar surface area (TPSA) is 60.7 Å². The van der Waals surface area contributed by atoms with Crippen LogP contribution in [0.4, 0.5) is 0 Å². The molecule has 2 aromatic rings. The van der Waals surface area contributed by atoms with Crippen molar-refractivity contribution in [2.75, 3.05) is 0 Å². The maximum absolute atomic E-state index is 10.1. The third-order valence-corrected chi connectivity index (χ3v) is 2.97. The van der Waals surface area contributed by atoms with Crippen molar-refractivity contribution in [2.45, 2.75) is 13.8 Å². The Morgan fingerprint density at radius 1 is 0.824 bits per heavy atom. The number of benzene rings is 2. The van der Waals surface area contributed by atoms with E-state index in [-0.39, 0.29) is 17.2 Å². The normalized spacial score (nSPS) is 10.5. The van der Waals surface area contributed by atoms with Crippen molar-refractivity contribution >= 4 is 0 Å². The third kappa shape index (κ3) is 1.91. The molecule has 0 aliphatic rings. The highest BCUT2D eigenvalue weighted by Crippen LogP contribution is 2.39. The smallest absolute Gasteiger partial charge is 0.127 e. The summed E-state index contributed by atoms with van der Waals surface area (Å²) in [7, 11) is 0. The third-order valence-electron chi connectivity index (χ3n) is 2.97. The molecule has 0 saturated carbocycles. The average molecular weight is 230 g/mol. The lowest BCUT2D eigenvalue weighted by atomic mass is 9.98. The van der Waals surface area contributed by atoms with E-state index in [0.717, 1.165) is 11.1 Å². The van der Waals surface area contributed by atoms with Crippen molar-refractivity contribution in [3.05, 3.63) is 41.5 Å². The van der Waals surface area contributed by atoms with Gasteiger partial charge in [0.05, 0.1) is 0 Å². The lowest BCUT2D eigenvalue weighted by Crippen LogP contribution is -1.86. The minimum Gasteiger partial charge on any atom is -0.508 e. The number of aryl methyl sites for hydroxylation is 1. The molecular formula is C14H14O3. The van der Waals surface area contributed by atoms with Crippen molar-refractivity contribution in [1.29, 1.82) is 0 Å². The van der Waals surface area contributed by atoms with Crippen LogP contribution in [0, 0.1) is 13.8 Å². The van der Waals surface area contributed by atoms with Gasteiger partial charge in [0.1, 0.15) is 17.2 Å². The lowest BCUT2D eigenvalue weighted by Gasteiger charge is -2.11. The van der Waals surface area contributed by atoms with Gasteiger partial charge < -0.3 is 15.3 Å². The summed E-state index contributed by atoms with van der Waals surface area (Å²) >= 11 is 0. The van der Waals surface area contributed by atoms with E-state index in [2.05, 4.69) is 0 Å². The molecule has 0 bridgehead atoms. The molecule has 17 heavy (non-hydrogen) atoms. The van der Waals surface area contributed by atoms with E-state index >= 15 is 0 Å². The van der Waals surface area contributed by atoms with E-state index < -0.39 is 0 Å². The Labute approximate surface area is 99.6 Å². The molecule has 0 amide bonds. The molecule has 0 unspecified atom stereocenters. The largest absolute Gasteiger partial charge is 0.508 e. The first-order valence-electron chi connectivity index (χ1n) is 5.32. The van der Waals surface area contributed by atoms with Gasteiger partial charge in [0.15, 0.2) is 0 Å². The number of rotatable bonds is 1. The maximum atomic E-state index is 10.1. The van der Waals surface area contributed by atoms with Crippen LogP contribution < -0.4 is 0 Å². The molecule has 3 heteroatoms. The molecule has 0 aromatic heterocycles. The minimum atomic E-state index is -0.0523. The average Bonchev–Trinajstić information content (AvgIpc) is 2.28. The molecule has 0 saturated heterocycles. The Morgan fingerprint density at radius 2 is 1.47 bits per heavy atom.